The van der Waals surface area contributed by atoms with Gasteiger partial charge in [0.05, 0.1) is 0 Å². The molecule has 29 heavy (non-hydrogen) atoms. The predicted molar refractivity (Wildman–Crippen MR) is 121 cm³/mol. The molecule has 1 saturated carbocycles. The van der Waals surface area contributed by atoms with Crippen molar-refractivity contribution in [2.75, 3.05) is 31.5 Å². The van der Waals surface area contributed by atoms with E-state index in [2.05, 4.69) is 58.7 Å². The molecule has 2 aromatic carbocycles. The molecule has 2 aromatic rings. The summed E-state index contributed by atoms with van der Waals surface area (Å²) in [5.74, 6) is 2.61. The summed E-state index contributed by atoms with van der Waals surface area (Å²) in [6.07, 6.45) is 9.98. The van der Waals surface area contributed by atoms with Gasteiger partial charge in [0.1, 0.15) is 11.9 Å². The smallest absolute Gasteiger partial charge is 0.119 e. The van der Waals surface area contributed by atoms with E-state index in [1.165, 1.54) is 74.8 Å². The van der Waals surface area contributed by atoms with Crippen LogP contribution in [0.15, 0.2) is 48.5 Å². The van der Waals surface area contributed by atoms with Gasteiger partial charge >= 0.3 is 0 Å². The van der Waals surface area contributed by atoms with Crippen LogP contribution in [0.5, 0.6) is 5.75 Å². The largest absolute Gasteiger partial charge is 0.489 e. The van der Waals surface area contributed by atoms with Crippen molar-refractivity contribution in [2.24, 2.45) is 11.8 Å². The van der Waals surface area contributed by atoms with Crippen LogP contribution in [0.1, 0.15) is 44.9 Å². The third kappa shape index (κ3) is 4.61. The molecule has 0 spiro atoms. The minimum absolute atomic E-state index is 0.373. The number of anilines is 1. The monoisotopic (exact) mass is 390 g/mol. The van der Waals surface area contributed by atoms with Gasteiger partial charge in [0, 0.05) is 18.8 Å². The lowest BCUT2D eigenvalue weighted by Gasteiger charge is -2.44. The maximum Gasteiger partial charge on any atom is 0.119 e. The molecule has 3 aliphatic heterocycles. The van der Waals surface area contributed by atoms with Crippen molar-refractivity contribution >= 4 is 5.69 Å². The number of hydrogen-bond donors (Lipinski definition) is 1. The molecule has 154 valence electrons. The fraction of sp³-hybridized carbons (Fsp3) is 0.538. The first-order chi connectivity index (χ1) is 14.3. The molecule has 1 N–H and O–H groups in total. The Balaban J connectivity index is 1.16. The van der Waals surface area contributed by atoms with E-state index in [-0.39, 0.29) is 0 Å². The molecule has 0 amide bonds. The molecule has 6 rings (SSSR count). The van der Waals surface area contributed by atoms with Crippen molar-refractivity contribution in [1.82, 2.24) is 4.90 Å². The standard InChI is InChI=1S/C26H34N2O/c1-2-4-20(5-3-1)18-27-24-10-6-21(7-11-24)22-8-12-25(13-9-22)29-26-19-28-16-14-23(26)15-17-28/h6-13,20,23,26-27H,1-5,14-19H2. The van der Waals surface area contributed by atoms with E-state index in [0.29, 0.717) is 6.10 Å². The van der Waals surface area contributed by atoms with Gasteiger partial charge in [-0.3, -0.25) is 4.90 Å². The predicted octanol–water partition coefficient (Wildman–Crippen LogP) is 5.82. The number of hydrogen-bond acceptors (Lipinski definition) is 3. The zero-order valence-electron chi connectivity index (χ0n) is 17.5. The van der Waals surface area contributed by atoms with Crippen LogP contribution in [-0.4, -0.2) is 37.2 Å². The molecule has 4 aliphatic rings. The maximum atomic E-state index is 6.34. The van der Waals surface area contributed by atoms with Gasteiger partial charge in [0.15, 0.2) is 0 Å². The Bertz CT molecular complexity index is 771. The Hall–Kier alpha value is -2.00. The number of fused-ring (bicyclic) bond motifs is 3. The third-order valence-electron chi connectivity index (χ3n) is 7.28. The fourth-order valence-corrected chi connectivity index (χ4v) is 5.38. The summed E-state index contributed by atoms with van der Waals surface area (Å²) in [7, 11) is 0. The zero-order chi connectivity index (χ0) is 19.5. The number of piperidine rings is 3. The Morgan fingerprint density at radius 3 is 2.07 bits per heavy atom. The van der Waals surface area contributed by atoms with Crippen LogP contribution in [0.2, 0.25) is 0 Å². The molecule has 0 radical (unpaired) electrons. The molecule has 2 bridgehead atoms. The highest BCUT2D eigenvalue weighted by molar-refractivity contribution is 5.66. The summed E-state index contributed by atoms with van der Waals surface area (Å²) in [6, 6.07) is 17.6. The van der Waals surface area contributed by atoms with Gasteiger partial charge in [-0.1, -0.05) is 43.5 Å². The molecule has 0 aromatic heterocycles. The molecule has 1 atom stereocenters. The molecule has 1 aliphatic carbocycles. The van der Waals surface area contributed by atoms with Crippen molar-refractivity contribution in [3.8, 4) is 16.9 Å². The van der Waals surface area contributed by atoms with E-state index in [0.717, 1.165) is 30.7 Å². The Morgan fingerprint density at radius 2 is 1.45 bits per heavy atom. The SMILES string of the molecule is c1cc(-c2ccc(OC3CN4CCC3CC4)cc2)ccc1NCC1CCCCC1. The zero-order valence-corrected chi connectivity index (χ0v) is 17.5. The summed E-state index contributed by atoms with van der Waals surface area (Å²) < 4.78 is 6.34. The molecule has 3 nitrogen and oxygen atoms in total. The average molecular weight is 391 g/mol. The van der Waals surface area contributed by atoms with Crippen molar-refractivity contribution < 1.29 is 4.74 Å². The number of nitrogens with one attached hydrogen (secondary N) is 1. The molecule has 4 fully saturated rings. The summed E-state index contributed by atoms with van der Waals surface area (Å²) >= 11 is 0. The van der Waals surface area contributed by atoms with Crippen LogP contribution in [0, 0.1) is 11.8 Å². The lowest BCUT2D eigenvalue weighted by molar-refractivity contribution is -0.00775. The highest BCUT2D eigenvalue weighted by Crippen LogP contribution is 2.32. The summed E-state index contributed by atoms with van der Waals surface area (Å²) in [5, 5.41) is 3.64. The van der Waals surface area contributed by atoms with Gasteiger partial charge < -0.3 is 10.1 Å². The Labute approximate surface area is 175 Å². The van der Waals surface area contributed by atoms with Crippen molar-refractivity contribution in [1.29, 1.82) is 0 Å². The van der Waals surface area contributed by atoms with Gasteiger partial charge in [-0.2, -0.15) is 0 Å². The summed E-state index contributed by atoms with van der Waals surface area (Å²) in [4.78, 5) is 2.54. The quantitative estimate of drug-likeness (QED) is 0.673. The molecule has 3 heteroatoms. The number of nitrogens with zero attached hydrogens (tertiary/aromatic N) is 1. The average Bonchev–Trinajstić information content (AvgIpc) is 2.80. The normalized spacial score (nSPS) is 27.0. The number of rotatable bonds is 6. The van der Waals surface area contributed by atoms with E-state index in [4.69, 9.17) is 4.74 Å². The van der Waals surface area contributed by atoms with Crippen LogP contribution < -0.4 is 10.1 Å². The van der Waals surface area contributed by atoms with Gasteiger partial charge in [0.25, 0.3) is 0 Å². The van der Waals surface area contributed by atoms with E-state index in [1.54, 1.807) is 0 Å². The van der Waals surface area contributed by atoms with Gasteiger partial charge in [0.2, 0.25) is 0 Å². The van der Waals surface area contributed by atoms with Crippen LogP contribution in [0.4, 0.5) is 5.69 Å². The lowest BCUT2D eigenvalue weighted by atomic mass is 9.86. The van der Waals surface area contributed by atoms with Crippen LogP contribution >= 0.6 is 0 Å². The van der Waals surface area contributed by atoms with Crippen LogP contribution in [0.3, 0.4) is 0 Å². The molecule has 3 saturated heterocycles. The third-order valence-corrected chi connectivity index (χ3v) is 7.28. The first-order valence-electron chi connectivity index (χ1n) is 11.7. The number of ether oxygens (including phenoxy) is 1. The minimum Gasteiger partial charge on any atom is -0.489 e. The second kappa shape index (κ2) is 8.79. The lowest BCUT2D eigenvalue weighted by Crippen LogP contribution is -2.52. The molecule has 3 heterocycles. The van der Waals surface area contributed by atoms with E-state index >= 15 is 0 Å². The first kappa shape index (κ1) is 19.0. The minimum atomic E-state index is 0.373. The van der Waals surface area contributed by atoms with E-state index in [9.17, 15) is 0 Å². The van der Waals surface area contributed by atoms with Gasteiger partial charge in [-0.05, 0) is 86.0 Å². The van der Waals surface area contributed by atoms with Gasteiger partial charge in [-0.25, -0.2) is 0 Å². The van der Waals surface area contributed by atoms with E-state index in [1.807, 2.05) is 0 Å². The second-order valence-electron chi connectivity index (χ2n) is 9.28. The van der Waals surface area contributed by atoms with Gasteiger partial charge in [-0.15, -0.1) is 0 Å². The summed E-state index contributed by atoms with van der Waals surface area (Å²) in [6.45, 7) is 4.73. The first-order valence-corrected chi connectivity index (χ1v) is 11.7. The highest BCUT2D eigenvalue weighted by atomic mass is 16.5. The Kier molecular flexibility index (Phi) is 5.76. The van der Waals surface area contributed by atoms with Crippen molar-refractivity contribution in [3.63, 3.8) is 0 Å². The highest BCUT2D eigenvalue weighted by Gasteiger charge is 2.35. The molecule has 1 unspecified atom stereocenters. The number of benzene rings is 2. The summed E-state index contributed by atoms with van der Waals surface area (Å²) in [5.41, 5.74) is 3.76. The van der Waals surface area contributed by atoms with Crippen LogP contribution in [-0.2, 0) is 0 Å². The molecular weight excluding hydrogens is 356 g/mol. The van der Waals surface area contributed by atoms with Crippen LogP contribution in [0.25, 0.3) is 11.1 Å². The second-order valence-corrected chi connectivity index (χ2v) is 9.28. The van der Waals surface area contributed by atoms with E-state index < -0.39 is 0 Å². The fourth-order valence-electron chi connectivity index (χ4n) is 5.38. The molecular formula is C26H34N2O. The van der Waals surface area contributed by atoms with Crippen molar-refractivity contribution in [3.05, 3.63) is 48.5 Å². The topological polar surface area (TPSA) is 24.5 Å². The maximum absolute atomic E-state index is 6.34. The van der Waals surface area contributed by atoms with Crippen molar-refractivity contribution in [2.45, 2.75) is 51.0 Å². The Morgan fingerprint density at radius 1 is 0.793 bits per heavy atom.